The Morgan fingerprint density at radius 3 is 2.26 bits per heavy atom. The van der Waals surface area contributed by atoms with Gasteiger partial charge in [0.05, 0.1) is 19.9 Å². The largest absolute Gasteiger partial charge is 0.468 e. The molecule has 2 atom stereocenters. The van der Waals surface area contributed by atoms with Crippen molar-refractivity contribution in [1.29, 1.82) is 0 Å². The number of pyridine rings is 1. The van der Waals surface area contributed by atoms with Gasteiger partial charge in [-0.15, -0.1) is 0 Å². The fourth-order valence-electron chi connectivity index (χ4n) is 3.04. The summed E-state index contributed by atoms with van der Waals surface area (Å²) in [6, 6.07) is 17.5. The summed E-state index contributed by atoms with van der Waals surface area (Å²) in [7, 11) is 2.57. The van der Waals surface area contributed by atoms with Gasteiger partial charge >= 0.3 is 11.9 Å². The summed E-state index contributed by atoms with van der Waals surface area (Å²) < 4.78 is 9.96. The number of carbonyl (C=O) groups is 2. The van der Waals surface area contributed by atoms with Crippen LogP contribution in [-0.2, 0) is 19.1 Å². The SMILES string of the molecule is COC(=O)[C@@H](Nc1ccccc1)[C@H](C(=O)OC)c1nccc2ccccc12. The third-order valence-electron chi connectivity index (χ3n) is 4.34. The molecule has 0 unspecified atom stereocenters. The first-order valence-electron chi connectivity index (χ1n) is 8.46. The Balaban J connectivity index is 2.13. The van der Waals surface area contributed by atoms with Crippen molar-refractivity contribution in [3.05, 3.63) is 72.6 Å². The van der Waals surface area contributed by atoms with E-state index in [9.17, 15) is 9.59 Å². The second-order valence-electron chi connectivity index (χ2n) is 5.93. The average Bonchev–Trinajstić information content (AvgIpc) is 2.73. The first-order chi connectivity index (χ1) is 13.2. The molecule has 2 aromatic carbocycles. The van der Waals surface area contributed by atoms with Crippen molar-refractivity contribution in [2.24, 2.45) is 0 Å². The Labute approximate surface area is 157 Å². The zero-order chi connectivity index (χ0) is 19.2. The molecule has 138 valence electrons. The van der Waals surface area contributed by atoms with Gasteiger partial charge in [0.25, 0.3) is 0 Å². The van der Waals surface area contributed by atoms with Crippen molar-refractivity contribution in [3.63, 3.8) is 0 Å². The van der Waals surface area contributed by atoms with Gasteiger partial charge in [0.1, 0.15) is 12.0 Å². The Kier molecular flexibility index (Phi) is 5.66. The number of methoxy groups -OCH3 is 2. The van der Waals surface area contributed by atoms with Crippen molar-refractivity contribution in [3.8, 4) is 0 Å². The molecule has 0 spiro atoms. The van der Waals surface area contributed by atoms with Crippen LogP contribution in [0.5, 0.6) is 0 Å². The fraction of sp³-hybridized carbons (Fsp3) is 0.190. The van der Waals surface area contributed by atoms with E-state index in [1.54, 1.807) is 18.3 Å². The highest BCUT2D eigenvalue weighted by molar-refractivity contribution is 5.95. The molecule has 0 saturated carbocycles. The maximum atomic E-state index is 12.7. The molecule has 0 saturated heterocycles. The van der Waals surface area contributed by atoms with E-state index < -0.39 is 23.9 Å². The van der Waals surface area contributed by atoms with E-state index in [0.717, 1.165) is 10.8 Å². The van der Waals surface area contributed by atoms with Gasteiger partial charge in [0.2, 0.25) is 0 Å². The summed E-state index contributed by atoms with van der Waals surface area (Å²) in [5, 5.41) is 4.79. The van der Waals surface area contributed by atoms with Crippen molar-refractivity contribution >= 4 is 28.4 Å². The minimum Gasteiger partial charge on any atom is -0.468 e. The van der Waals surface area contributed by atoms with E-state index in [1.165, 1.54) is 14.2 Å². The van der Waals surface area contributed by atoms with Crippen molar-refractivity contribution in [1.82, 2.24) is 4.98 Å². The van der Waals surface area contributed by atoms with E-state index in [4.69, 9.17) is 9.47 Å². The quantitative estimate of drug-likeness (QED) is 0.677. The van der Waals surface area contributed by atoms with Crippen LogP contribution in [0.2, 0.25) is 0 Å². The highest BCUT2D eigenvalue weighted by Crippen LogP contribution is 2.29. The van der Waals surface area contributed by atoms with Gasteiger partial charge in [-0.25, -0.2) is 4.79 Å². The number of anilines is 1. The molecule has 6 nitrogen and oxygen atoms in total. The lowest BCUT2D eigenvalue weighted by Gasteiger charge is -2.25. The fourth-order valence-corrected chi connectivity index (χ4v) is 3.04. The number of aromatic nitrogens is 1. The molecule has 1 N–H and O–H groups in total. The lowest BCUT2D eigenvalue weighted by Crippen LogP contribution is -2.41. The monoisotopic (exact) mass is 364 g/mol. The average molecular weight is 364 g/mol. The molecular weight excluding hydrogens is 344 g/mol. The number of rotatable bonds is 6. The second kappa shape index (κ2) is 8.31. The molecule has 0 fully saturated rings. The molecule has 1 aromatic heterocycles. The van der Waals surface area contributed by atoms with Gasteiger partial charge < -0.3 is 14.8 Å². The topological polar surface area (TPSA) is 77.5 Å². The van der Waals surface area contributed by atoms with Crippen LogP contribution in [-0.4, -0.2) is 37.2 Å². The van der Waals surface area contributed by atoms with Crippen molar-refractivity contribution < 1.29 is 19.1 Å². The molecule has 0 aliphatic carbocycles. The Bertz CT molecular complexity index is 938. The summed E-state index contributed by atoms with van der Waals surface area (Å²) in [5.74, 6) is -2.13. The van der Waals surface area contributed by atoms with Crippen LogP contribution < -0.4 is 5.32 Å². The molecule has 0 amide bonds. The molecule has 0 aliphatic rings. The normalized spacial score (nSPS) is 12.8. The minimum atomic E-state index is -0.997. The summed E-state index contributed by atoms with van der Waals surface area (Å²) in [6.07, 6.45) is 1.62. The number of hydrogen-bond acceptors (Lipinski definition) is 6. The number of ether oxygens (including phenoxy) is 2. The predicted molar refractivity (Wildman–Crippen MR) is 102 cm³/mol. The van der Waals surface area contributed by atoms with Crippen LogP contribution >= 0.6 is 0 Å². The zero-order valence-corrected chi connectivity index (χ0v) is 15.1. The van der Waals surface area contributed by atoms with Gasteiger partial charge in [0.15, 0.2) is 0 Å². The maximum absolute atomic E-state index is 12.7. The second-order valence-corrected chi connectivity index (χ2v) is 5.93. The lowest BCUT2D eigenvalue weighted by atomic mass is 9.91. The number of benzene rings is 2. The molecule has 0 aliphatic heterocycles. The number of carbonyl (C=O) groups excluding carboxylic acids is 2. The van der Waals surface area contributed by atoms with Crippen LogP contribution in [0, 0.1) is 0 Å². The van der Waals surface area contributed by atoms with Crippen LogP contribution in [0.4, 0.5) is 5.69 Å². The van der Waals surface area contributed by atoms with E-state index >= 15 is 0 Å². The van der Waals surface area contributed by atoms with E-state index in [-0.39, 0.29) is 0 Å². The van der Waals surface area contributed by atoms with Crippen molar-refractivity contribution in [2.45, 2.75) is 12.0 Å². The molecular formula is C21H20N2O4. The number of esters is 2. The van der Waals surface area contributed by atoms with Gasteiger partial charge in [-0.1, -0.05) is 42.5 Å². The number of para-hydroxylation sites is 1. The molecule has 3 rings (SSSR count). The highest BCUT2D eigenvalue weighted by Gasteiger charge is 2.39. The Morgan fingerprint density at radius 2 is 1.56 bits per heavy atom. The standard InChI is InChI=1S/C21H20N2O4/c1-26-20(24)17(18-16-11-7-6-8-14(16)12-13-22-18)19(21(25)27-2)23-15-9-4-3-5-10-15/h3-13,17,19,23H,1-2H3/t17-,19+/m1/s1. The summed E-state index contributed by atoms with van der Waals surface area (Å²) in [6.45, 7) is 0. The molecule has 0 radical (unpaired) electrons. The van der Waals surface area contributed by atoms with Crippen molar-refractivity contribution in [2.75, 3.05) is 19.5 Å². The molecule has 6 heteroatoms. The number of nitrogens with one attached hydrogen (secondary N) is 1. The molecule has 1 heterocycles. The number of hydrogen-bond donors (Lipinski definition) is 1. The zero-order valence-electron chi connectivity index (χ0n) is 15.1. The van der Waals surface area contributed by atoms with Crippen LogP contribution in [0.1, 0.15) is 11.6 Å². The van der Waals surface area contributed by atoms with Crippen LogP contribution in [0.25, 0.3) is 10.8 Å². The first-order valence-corrected chi connectivity index (χ1v) is 8.46. The van der Waals surface area contributed by atoms with Crippen LogP contribution in [0.3, 0.4) is 0 Å². The third kappa shape index (κ3) is 3.89. The first kappa shape index (κ1) is 18.4. The predicted octanol–water partition coefficient (Wildman–Crippen LogP) is 3.15. The third-order valence-corrected chi connectivity index (χ3v) is 4.34. The molecule has 3 aromatic rings. The van der Waals surface area contributed by atoms with Gasteiger partial charge in [-0.3, -0.25) is 9.78 Å². The summed E-state index contributed by atoms with van der Waals surface area (Å²) in [4.78, 5) is 29.7. The number of fused-ring (bicyclic) bond motifs is 1. The minimum absolute atomic E-state index is 0.457. The Morgan fingerprint density at radius 1 is 0.889 bits per heavy atom. The van der Waals surface area contributed by atoms with E-state index in [2.05, 4.69) is 10.3 Å². The summed E-state index contributed by atoms with van der Waals surface area (Å²) in [5.41, 5.74) is 1.14. The lowest BCUT2D eigenvalue weighted by molar-refractivity contribution is -0.150. The van der Waals surface area contributed by atoms with Gasteiger partial charge in [0, 0.05) is 17.3 Å². The van der Waals surface area contributed by atoms with Crippen LogP contribution in [0.15, 0.2) is 66.9 Å². The van der Waals surface area contributed by atoms with E-state index in [0.29, 0.717) is 11.4 Å². The molecule has 0 bridgehead atoms. The smallest absolute Gasteiger partial charge is 0.329 e. The Hall–Kier alpha value is -3.41. The molecule has 27 heavy (non-hydrogen) atoms. The van der Waals surface area contributed by atoms with Gasteiger partial charge in [-0.05, 0) is 23.6 Å². The number of nitrogens with zero attached hydrogens (tertiary/aromatic N) is 1. The maximum Gasteiger partial charge on any atom is 0.329 e. The van der Waals surface area contributed by atoms with E-state index in [1.807, 2.05) is 48.5 Å². The van der Waals surface area contributed by atoms with Gasteiger partial charge in [-0.2, -0.15) is 0 Å². The highest BCUT2D eigenvalue weighted by atomic mass is 16.5. The summed E-state index contributed by atoms with van der Waals surface area (Å²) >= 11 is 0.